The van der Waals surface area contributed by atoms with Crippen molar-refractivity contribution >= 4 is 25.3 Å². The van der Waals surface area contributed by atoms with E-state index in [1.807, 2.05) is 18.7 Å². The maximum absolute atomic E-state index is 12.5. The van der Waals surface area contributed by atoms with E-state index in [4.69, 9.17) is 9.26 Å². The van der Waals surface area contributed by atoms with Gasteiger partial charge in [0.15, 0.2) is 0 Å². The van der Waals surface area contributed by atoms with Crippen LogP contribution in [0, 0.1) is 0 Å². The lowest BCUT2D eigenvalue weighted by atomic mass is 10.1. The van der Waals surface area contributed by atoms with Crippen LogP contribution in [0.2, 0.25) is 0 Å². The van der Waals surface area contributed by atoms with Gasteiger partial charge in [-0.3, -0.25) is 4.57 Å². The Morgan fingerprint density at radius 1 is 0.824 bits per heavy atom. The molecular weight excluding hydrogens is 471 g/mol. The van der Waals surface area contributed by atoms with Crippen molar-refractivity contribution in [1.82, 2.24) is 0 Å². The first-order valence-electron chi connectivity index (χ1n) is 13.8. The highest BCUT2D eigenvalue weighted by Gasteiger charge is 2.42. The summed E-state index contributed by atoms with van der Waals surface area (Å²) < 4.78 is 23.1. The van der Waals surface area contributed by atoms with Crippen LogP contribution >= 0.6 is 19.4 Å². The zero-order chi connectivity index (χ0) is 25.7. The molecule has 0 aliphatic carbocycles. The Labute approximate surface area is 213 Å². The molecule has 0 aromatic rings. The van der Waals surface area contributed by atoms with Gasteiger partial charge in [0.25, 0.3) is 5.85 Å². The molecule has 34 heavy (non-hydrogen) atoms. The van der Waals surface area contributed by atoms with Gasteiger partial charge in [0.05, 0.1) is 12.7 Å². The average molecular weight is 525 g/mol. The number of rotatable bonds is 25. The molecule has 0 bridgehead atoms. The van der Waals surface area contributed by atoms with Gasteiger partial charge in [-0.2, -0.15) is 11.8 Å². The molecule has 0 fully saturated rings. The molecule has 8 heteroatoms. The Balaban J connectivity index is 4.67. The quantitative estimate of drug-likeness (QED) is 0.0914. The second kappa shape index (κ2) is 22.2. The van der Waals surface area contributed by atoms with Gasteiger partial charge in [0.2, 0.25) is 0 Å². The van der Waals surface area contributed by atoms with E-state index in [-0.39, 0.29) is 11.9 Å². The summed E-state index contributed by atoms with van der Waals surface area (Å²) in [4.78, 5) is 21.9. The third kappa shape index (κ3) is 17.4. The number of hydrogen-bond acceptors (Lipinski definition) is 5. The average Bonchev–Trinajstić information content (AvgIpc) is 2.80. The number of aliphatic carboxylic acids is 1. The molecule has 0 heterocycles. The van der Waals surface area contributed by atoms with Gasteiger partial charge in [-0.25, -0.2) is 4.79 Å². The Hall–Kier alpha value is -0.0700. The van der Waals surface area contributed by atoms with Crippen LogP contribution in [0.3, 0.4) is 0 Å². The number of carboxylic acid groups (broad SMARTS) is 1. The zero-order valence-electron chi connectivity index (χ0n) is 22.3. The molecule has 0 spiro atoms. The second-order valence-corrected chi connectivity index (χ2v) is 12.6. The third-order valence-corrected chi connectivity index (χ3v) is 9.09. The molecular formula is C26H53O6PS. The van der Waals surface area contributed by atoms with E-state index in [2.05, 4.69) is 13.8 Å². The van der Waals surface area contributed by atoms with Crippen molar-refractivity contribution in [2.24, 2.45) is 0 Å². The number of hydrogen-bond donors (Lipinski definition) is 2. The summed E-state index contributed by atoms with van der Waals surface area (Å²) in [6.45, 7) is 8.10. The first-order valence-corrected chi connectivity index (χ1v) is 16.5. The number of unbranched alkanes of at least 4 members (excludes halogenated alkanes) is 12. The minimum atomic E-state index is -4.40. The maximum atomic E-state index is 12.5. The Bertz CT molecular complexity index is 533. The minimum Gasteiger partial charge on any atom is -0.479 e. The van der Waals surface area contributed by atoms with Crippen molar-refractivity contribution in [2.75, 3.05) is 12.4 Å². The fourth-order valence-corrected chi connectivity index (χ4v) is 6.45. The summed E-state index contributed by atoms with van der Waals surface area (Å²) in [5, 5.41) is 9.63. The van der Waals surface area contributed by atoms with Crippen LogP contribution in [-0.4, -0.2) is 45.5 Å². The monoisotopic (exact) mass is 524 g/mol. The smallest absolute Gasteiger partial charge is 0.368 e. The standard InChI is InChI=1S/C26H53O6PS/c1-5-8-10-12-13-14-15-17-19-22-34-24(20-18-16-11-9-6-2)23(4)32-26(25(27)28)33(29,30)31-21-7-3/h23-24,26H,5-22H2,1-4H3,(H,27,28)(H,29,30). The van der Waals surface area contributed by atoms with Gasteiger partial charge in [0.1, 0.15) is 0 Å². The molecule has 6 nitrogen and oxygen atoms in total. The van der Waals surface area contributed by atoms with E-state index in [9.17, 15) is 19.4 Å². The number of carboxylic acids is 1. The van der Waals surface area contributed by atoms with Gasteiger partial charge in [-0.1, -0.05) is 104 Å². The molecule has 0 aliphatic heterocycles. The van der Waals surface area contributed by atoms with Gasteiger partial charge >= 0.3 is 13.6 Å². The third-order valence-electron chi connectivity index (χ3n) is 6.03. The Kier molecular flexibility index (Phi) is 22.1. The molecule has 0 radical (unpaired) electrons. The zero-order valence-corrected chi connectivity index (χ0v) is 24.1. The fourth-order valence-electron chi connectivity index (χ4n) is 3.91. The van der Waals surface area contributed by atoms with E-state index in [1.165, 1.54) is 70.6 Å². The molecule has 0 amide bonds. The Morgan fingerprint density at radius 3 is 1.82 bits per heavy atom. The summed E-state index contributed by atoms with van der Waals surface area (Å²) in [6, 6.07) is 0. The molecule has 0 aromatic carbocycles. The molecule has 0 saturated carbocycles. The van der Waals surface area contributed by atoms with Crippen molar-refractivity contribution in [3.63, 3.8) is 0 Å². The molecule has 0 aliphatic rings. The largest absolute Gasteiger partial charge is 0.479 e. The van der Waals surface area contributed by atoms with Crippen molar-refractivity contribution < 1.29 is 28.6 Å². The number of thioether (sulfide) groups is 1. The number of ether oxygens (including phenoxy) is 1. The summed E-state index contributed by atoms with van der Waals surface area (Å²) >= 11 is 1.82. The normalized spacial score (nSPS) is 16.1. The summed E-state index contributed by atoms with van der Waals surface area (Å²) in [6.07, 6.45) is 18.4. The summed E-state index contributed by atoms with van der Waals surface area (Å²) in [5.41, 5.74) is 0. The van der Waals surface area contributed by atoms with E-state index < -0.39 is 25.5 Å². The van der Waals surface area contributed by atoms with E-state index in [0.29, 0.717) is 6.42 Å². The highest BCUT2D eigenvalue weighted by atomic mass is 32.2. The molecule has 0 aromatic heterocycles. The van der Waals surface area contributed by atoms with Crippen molar-refractivity contribution in [1.29, 1.82) is 0 Å². The predicted octanol–water partition coefficient (Wildman–Crippen LogP) is 8.41. The second-order valence-electron chi connectivity index (χ2n) is 9.37. The Morgan fingerprint density at radius 2 is 1.32 bits per heavy atom. The van der Waals surface area contributed by atoms with Crippen LogP contribution in [0.4, 0.5) is 0 Å². The summed E-state index contributed by atoms with van der Waals surface area (Å²) in [7, 11) is -4.40. The van der Waals surface area contributed by atoms with Crippen LogP contribution in [0.25, 0.3) is 0 Å². The minimum absolute atomic E-state index is 0.0313. The van der Waals surface area contributed by atoms with Crippen LogP contribution in [0.5, 0.6) is 0 Å². The van der Waals surface area contributed by atoms with E-state index >= 15 is 0 Å². The van der Waals surface area contributed by atoms with Crippen LogP contribution in [0.15, 0.2) is 0 Å². The maximum Gasteiger partial charge on any atom is 0.368 e. The van der Waals surface area contributed by atoms with Crippen LogP contribution in [0.1, 0.15) is 130 Å². The van der Waals surface area contributed by atoms with Crippen LogP contribution in [-0.2, 0) is 18.6 Å². The summed E-state index contributed by atoms with van der Waals surface area (Å²) in [5.74, 6) is -2.28. The molecule has 4 atom stereocenters. The molecule has 0 saturated heterocycles. The first-order chi connectivity index (χ1) is 16.3. The van der Waals surface area contributed by atoms with E-state index in [1.54, 1.807) is 6.92 Å². The van der Waals surface area contributed by atoms with Crippen LogP contribution < -0.4 is 0 Å². The lowest BCUT2D eigenvalue weighted by Gasteiger charge is -2.28. The molecule has 204 valence electrons. The van der Waals surface area contributed by atoms with Crippen molar-refractivity contribution in [3.05, 3.63) is 0 Å². The highest BCUT2D eigenvalue weighted by Crippen LogP contribution is 2.49. The van der Waals surface area contributed by atoms with E-state index in [0.717, 1.165) is 31.4 Å². The van der Waals surface area contributed by atoms with Crippen molar-refractivity contribution in [2.45, 2.75) is 148 Å². The van der Waals surface area contributed by atoms with Gasteiger partial charge in [-0.05, 0) is 31.9 Å². The first kappa shape index (κ1) is 33.9. The lowest BCUT2D eigenvalue weighted by molar-refractivity contribution is -0.148. The van der Waals surface area contributed by atoms with Gasteiger partial charge in [-0.15, -0.1) is 0 Å². The molecule has 4 unspecified atom stereocenters. The van der Waals surface area contributed by atoms with Crippen molar-refractivity contribution in [3.8, 4) is 0 Å². The fraction of sp³-hybridized carbons (Fsp3) is 0.962. The number of carbonyl (C=O) groups is 1. The molecule has 0 rings (SSSR count). The topological polar surface area (TPSA) is 93.1 Å². The van der Waals surface area contributed by atoms with Gasteiger partial charge in [0, 0.05) is 5.25 Å². The highest BCUT2D eigenvalue weighted by molar-refractivity contribution is 7.99. The lowest BCUT2D eigenvalue weighted by Crippen LogP contribution is -2.34. The molecule has 2 N–H and O–H groups in total. The predicted molar refractivity (Wildman–Crippen MR) is 145 cm³/mol. The van der Waals surface area contributed by atoms with Gasteiger partial charge < -0.3 is 19.3 Å². The SMILES string of the molecule is CCCCCCCCCCCSC(CCCCCCC)C(C)OC(C(=O)O)P(=O)(O)OCCC.